The van der Waals surface area contributed by atoms with Gasteiger partial charge in [-0.15, -0.1) is 0 Å². The number of urea groups is 1. The van der Waals surface area contributed by atoms with E-state index in [1.165, 1.54) is 11.1 Å². The second-order valence-corrected chi connectivity index (χ2v) is 7.07. The summed E-state index contributed by atoms with van der Waals surface area (Å²) in [5, 5.41) is 12.8. The van der Waals surface area contributed by atoms with Gasteiger partial charge in [-0.3, -0.25) is 9.48 Å². The van der Waals surface area contributed by atoms with Crippen molar-refractivity contribution in [3.05, 3.63) is 83.7 Å². The monoisotopic (exact) mass is 389 g/mol. The van der Waals surface area contributed by atoms with Gasteiger partial charge in [0, 0.05) is 24.6 Å². The van der Waals surface area contributed by atoms with E-state index in [-0.39, 0.29) is 24.5 Å². The Morgan fingerprint density at radius 3 is 2.86 bits per heavy atom. The van der Waals surface area contributed by atoms with E-state index < -0.39 is 0 Å². The number of aromatic nitrogens is 2. The standard InChI is InChI=1S/C22H23N5O2/c28-21(15-27-12-4-11-24-27)25-18-7-3-5-16(13-18)14-23-22(29)26-20-10-9-17-6-1-2-8-19(17)20/h1-8,11-13,20H,9-10,14-15H2,(H,25,28)(H2,23,26,29). The van der Waals surface area contributed by atoms with Crippen LogP contribution in [0.4, 0.5) is 10.5 Å². The third-order valence-corrected chi connectivity index (χ3v) is 4.97. The largest absolute Gasteiger partial charge is 0.334 e. The summed E-state index contributed by atoms with van der Waals surface area (Å²) in [5.41, 5.74) is 4.09. The smallest absolute Gasteiger partial charge is 0.315 e. The molecule has 0 saturated heterocycles. The third kappa shape index (κ3) is 4.82. The lowest BCUT2D eigenvalue weighted by molar-refractivity contribution is -0.116. The molecule has 4 rings (SSSR count). The van der Waals surface area contributed by atoms with Crippen LogP contribution >= 0.6 is 0 Å². The average molecular weight is 389 g/mol. The zero-order chi connectivity index (χ0) is 20.1. The number of anilines is 1. The van der Waals surface area contributed by atoms with Gasteiger partial charge in [0.1, 0.15) is 6.54 Å². The van der Waals surface area contributed by atoms with Gasteiger partial charge in [0.15, 0.2) is 0 Å². The van der Waals surface area contributed by atoms with E-state index in [1.807, 2.05) is 36.4 Å². The first kappa shape index (κ1) is 18.7. The molecule has 1 atom stereocenters. The predicted molar refractivity (Wildman–Crippen MR) is 110 cm³/mol. The number of hydrogen-bond donors (Lipinski definition) is 3. The normalized spacial score (nSPS) is 14.8. The summed E-state index contributed by atoms with van der Waals surface area (Å²) < 4.78 is 1.56. The van der Waals surface area contributed by atoms with E-state index in [0.29, 0.717) is 12.2 Å². The molecule has 1 aliphatic rings. The molecule has 29 heavy (non-hydrogen) atoms. The Bertz CT molecular complexity index is 1000. The van der Waals surface area contributed by atoms with Crippen molar-refractivity contribution in [2.45, 2.75) is 32.0 Å². The molecule has 0 spiro atoms. The Labute approximate surface area is 169 Å². The van der Waals surface area contributed by atoms with Crippen molar-refractivity contribution in [3.63, 3.8) is 0 Å². The third-order valence-electron chi connectivity index (χ3n) is 4.97. The van der Waals surface area contributed by atoms with Crippen LogP contribution in [0.25, 0.3) is 0 Å². The molecule has 0 fully saturated rings. The van der Waals surface area contributed by atoms with Gasteiger partial charge in [-0.05, 0) is 47.7 Å². The molecule has 3 N–H and O–H groups in total. The molecular weight excluding hydrogens is 366 g/mol. The van der Waals surface area contributed by atoms with E-state index in [2.05, 4.69) is 33.2 Å². The zero-order valence-electron chi connectivity index (χ0n) is 16.0. The highest BCUT2D eigenvalue weighted by molar-refractivity contribution is 5.90. The Morgan fingerprint density at radius 2 is 2.00 bits per heavy atom. The molecule has 1 heterocycles. The van der Waals surface area contributed by atoms with E-state index in [0.717, 1.165) is 18.4 Å². The Balaban J connectivity index is 1.28. The van der Waals surface area contributed by atoms with Crippen molar-refractivity contribution in [2.75, 3.05) is 5.32 Å². The SMILES string of the molecule is O=C(Cn1cccn1)Nc1cccc(CNC(=O)NC2CCc3ccccc32)c1. The molecule has 3 aromatic rings. The fraction of sp³-hybridized carbons (Fsp3) is 0.227. The van der Waals surface area contributed by atoms with Gasteiger partial charge in [0.2, 0.25) is 5.91 Å². The number of carbonyl (C=O) groups is 2. The molecule has 7 nitrogen and oxygen atoms in total. The van der Waals surface area contributed by atoms with Gasteiger partial charge in [0.05, 0.1) is 6.04 Å². The number of aryl methyl sites for hydroxylation is 1. The molecule has 0 aliphatic heterocycles. The number of fused-ring (bicyclic) bond motifs is 1. The van der Waals surface area contributed by atoms with Crippen molar-refractivity contribution < 1.29 is 9.59 Å². The summed E-state index contributed by atoms with van der Waals surface area (Å²) in [7, 11) is 0. The van der Waals surface area contributed by atoms with Crippen molar-refractivity contribution in [2.24, 2.45) is 0 Å². The first-order valence-electron chi connectivity index (χ1n) is 9.66. The molecule has 1 aromatic heterocycles. The predicted octanol–water partition coefficient (Wildman–Crippen LogP) is 3.01. The maximum Gasteiger partial charge on any atom is 0.315 e. The summed E-state index contributed by atoms with van der Waals surface area (Å²) in [5.74, 6) is -0.156. The summed E-state index contributed by atoms with van der Waals surface area (Å²) >= 11 is 0. The lowest BCUT2D eigenvalue weighted by Crippen LogP contribution is -2.36. The minimum absolute atomic E-state index is 0.0547. The quantitative estimate of drug-likeness (QED) is 0.606. The lowest BCUT2D eigenvalue weighted by Gasteiger charge is -2.15. The second-order valence-electron chi connectivity index (χ2n) is 7.07. The number of carbonyl (C=O) groups excluding carboxylic acids is 2. The zero-order valence-corrected chi connectivity index (χ0v) is 16.0. The minimum Gasteiger partial charge on any atom is -0.334 e. The molecule has 1 unspecified atom stereocenters. The highest BCUT2D eigenvalue weighted by Crippen LogP contribution is 2.30. The van der Waals surface area contributed by atoms with Gasteiger partial charge in [-0.25, -0.2) is 4.79 Å². The van der Waals surface area contributed by atoms with Crippen LogP contribution in [0.1, 0.15) is 29.2 Å². The summed E-state index contributed by atoms with van der Waals surface area (Å²) in [6.45, 7) is 0.532. The molecule has 148 valence electrons. The molecule has 0 saturated carbocycles. The number of benzene rings is 2. The van der Waals surface area contributed by atoms with E-state index in [1.54, 1.807) is 23.1 Å². The molecular formula is C22H23N5O2. The van der Waals surface area contributed by atoms with Crippen LogP contribution in [0.3, 0.4) is 0 Å². The highest BCUT2D eigenvalue weighted by atomic mass is 16.2. The molecule has 0 radical (unpaired) electrons. The molecule has 7 heteroatoms. The second kappa shape index (κ2) is 8.60. The van der Waals surface area contributed by atoms with E-state index >= 15 is 0 Å². The van der Waals surface area contributed by atoms with Crippen molar-refractivity contribution >= 4 is 17.6 Å². The Morgan fingerprint density at radius 1 is 1.10 bits per heavy atom. The van der Waals surface area contributed by atoms with Gasteiger partial charge >= 0.3 is 6.03 Å². The number of amides is 3. The maximum absolute atomic E-state index is 12.3. The first-order chi connectivity index (χ1) is 14.2. The van der Waals surface area contributed by atoms with Crippen LogP contribution in [-0.4, -0.2) is 21.7 Å². The van der Waals surface area contributed by atoms with Gasteiger partial charge in [-0.2, -0.15) is 5.10 Å². The molecule has 0 bridgehead atoms. The van der Waals surface area contributed by atoms with Crippen LogP contribution in [0.5, 0.6) is 0 Å². The highest BCUT2D eigenvalue weighted by Gasteiger charge is 2.23. The van der Waals surface area contributed by atoms with Crippen molar-refractivity contribution in [3.8, 4) is 0 Å². The summed E-state index contributed by atoms with van der Waals surface area (Å²) in [4.78, 5) is 24.4. The van der Waals surface area contributed by atoms with Crippen LogP contribution in [-0.2, 0) is 24.3 Å². The van der Waals surface area contributed by atoms with Crippen LogP contribution < -0.4 is 16.0 Å². The minimum atomic E-state index is -0.195. The molecule has 1 aliphatic carbocycles. The lowest BCUT2D eigenvalue weighted by atomic mass is 10.1. The number of hydrogen-bond acceptors (Lipinski definition) is 3. The van der Waals surface area contributed by atoms with E-state index in [4.69, 9.17) is 0 Å². The van der Waals surface area contributed by atoms with Crippen molar-refractivity contribution in [1.29, 1.82) is 0 Å². The number of rotatable bonds is 6. The fourth-order valence-electron chi connectivity index (χ4n) is 3.60. The van der Waals surface area contributed by atoms with Gasteiger partial charge in [0.25, 0.3) is 0 Å². The van der Waals surface area contributed by atoms with Crippen LogP contribution in [0.2, 0.25) is 0 Å². The summed E-state index contributed by atoms with van der Waals surface area (Å²) in [6.07, 6.45) is 5.28. The molecule has 2 aromatic carbocycles. The summed E-state index contributed by atoms with van der Waals surface area (Å²) in [6, 6.07) is 17.3. The van der Waals surface area contributed by atoms with Gasteiger partial charge in [-0.1, -0.05) is 36.4 Å². The average Bonchev–Trinajstić information content (AvgIpc) is 3.37. The fourth-order valence-corrected chi connectivity index (χ4v) is 3.60. The molecule has 3 amide bonds. The maximum atomic E-state index is 12.3. The number of nitrogens with zero attached hydrogens (tertiary/aromatic N) is 2. The first-order valence-corrected chi connectivity index (χ1v) is 9.66. The Kier molecular flexibility index (Phi) is 5.56. The topological polar surface area (TPSA) is 88.1 Å². The van der Waals surface area contributed by atoms with Crippen LogP contribution in [0, 0.1) is 0 Å². The van der Waals surface area contributed by atoms with Crippen molar-refractivity contribution in [1.82, 2.24) is 20.4 Å². The van der Waals surface area contributed by atoms with E-state index in [9.17, 15) is 9.59 Å². The Hall–Kier alpha value is -3.61. The van der Waals surface area contributed by atoms with Gasteiger partial charge < -0.3 is 16.0 Å². The van der Waals surface area contributed by atoms with Crippen LogP contribution in [0.15, 0.2) is 67.0 Å². The number of nitrogens with one attached hydrogen (secondary N) is 3.